The highest BCUT2D eigenvalue weighted by atomic mass is 16.4. The van der Waals surface area contributed by atoms with Gasteiger partial charge in [0.15, 0.2) is 0 Å². The van der Waals surface area contributed by atoms with Crippen LogP contribution < -0.4 is 5.32 Å². The molecular formula is C12H21NO3. The molecule has 0 radical (unpaired) electrons. The van der Waals surface area contributed by atoms with E-state index in [-0.39, 0.29) is 5.91 Å². The monoisotopic (exact) mass is 227 g/mol. The van der Waals surface area contributed by atoms with Crippen LogP contribution in [0.15, 0.2) is 11.6 Å². The number of amides is 1. The van der Waals surface area contributed by atoms with Crippen molar-refractivity contribution in [3.05, 3.63) is 11.6 Å². The van der Waals surface area contributed by atoms with Gasteiger partial charge in [-0.15, -0.1) is 0 Å². The number of hydrogen-bond donors (Lipinski definition) is 2. The van der Waals surface area contributed by atoms with Crippen LogP contribution in [-0.2, 0) is 9.59 Å². The van der Waals surface area contributed by atoms with Gasteiger partial charge in [0.25, 0.3) is 0 Å². The van der Waals surface area contributed by atoms with Gasteiger partial charge < -0.3 is 10.4 Å². The second kappa shape index (κ2) is 7.91. The van der Waals surface area contributed by atoms with Crippen molar-refractivity contribution in [2.75, 3.05) is 0 Å². The molecule has 0 saturated carbocycles. The van der Waals surface area contributed by atoms with Gasteiger partial charge in [0.2, 0.25) is 5.91 Å². The molecule has 0 heterocycles. The molecule has 2 N–H and O–H groups in total. The van der Waals surface area contributed by atoms with E-state index in [0.29, 0.717) is 12.0 Å². The Bertz CT molecular complexity index is 271. The number of carbonyl (C=O) groups excluding carboxylic acids is 1. The number of allylic oxidation sites excluding steroid dienone is 1. The Hall–Kier alpha value is -1.32. The van der Waals surface area contributed by atoms with E-state index in [0.717, 1.165) is 19.3 Å². The Morgan fingerprint density at radius 3 is 2.44 bits per heavy atom. The Labute approximate surface area is 96.7 Å². The molecule has 1 amide bonds. The summed E-state index contributed by atoms with van der Waals surface area (Å²) in [5.74, 6) is -1.26. The fraction of sp³-hybridized carbons (Fsp3) is 0.667. The van der Waals surface area contributed by atoms with Crippen LogP contribution in [0.2, 0.25) is 0 Å². The van der Waals surface area contributed by atoms with E-state index in [1.807, 2.05) is 0 Å². The van der Waals surface area contributed by atoms with Gasteiger partial charge in [-0.1, -0.05) is 32.3 Å². The molecule has 0 aromatic carbocycles. The van der Waals surface area contributed by atoms with Crippen LogP contribution in [0.4, 0.5) is 0 Å². The summed E-state index contributed by atoms with van der Waals surface area (Å²) in [5.41, 5.74) is 0.543. The fourth-order valence-corrected chi connectivity index (χ4v) is 1.26. The Kier molecular flexibility index (Phi) is 7.25. The van der Waals surface area contributed by atoms with Crippen LogP contribution >= 0.6 is 0 Å². The number of hydrogen-bond acceptors (Lipinski definition) is 2. The van der Waals surface area contributed by atoms with Crippen molar-refractivity contribution in [3.8, 4) is 0 Å². The molecule has 0 bridgehead atoms. The molecule has 0 aliphatic rings. The smallest absolute Gasteiger partial charge is 0.326 e. The molecule has 0 saturated heterocycles. The fourth-order valence-electron chi connectivity index (χ4n) is 1.26. The zero-order chi connectivity index (χ0) is 12.6. The minimum Gasteiger partial charge on any atom is -0.480 e. The standard InChI is InChI=1S/C12H21NO3/c1-4-6-7-8-10(12(15)16)13-11(14)9(3)5-2/h5,10H,4,6-8H2,1-3H3,(H,13,14)(H,15,16)/b9-5-/t10-/m1/s1. The third-order valence-electron chi connectivity index (χ3n) is 2.49. The van der Waals surface area contributed by atoms with E-state index in [1.165, 1.54) is 0 Å². The number of aliphatic carboxylic acids is 1. The van der Waals surface area contributed by atoms with Crippen LogP contribution in [-0.4, -0.2) is 23.0 Å². The zero-order valence-corrected chi connectivity index (χ0v) is 10.2. The molecule has 0 spiro atoms. The topological polar surface area (TPSA) is 66.4 Å². The van der Waals surface area contributed by atoms with E-state index in [2.05, 4.69) is 12.2 Å². The maximum Gasteiger partial charge on any atom is 0.326 e. The van der Waals surface area contributed by atoms with E-state index >= 15 is 0 Å². The summed E-state index contributed by atoms with van der Waals surface area (Å²) < 4.78 is 0. The molecule has 0 aliphatic carbocycles. The quantitative estimate of drug-likeness (QED) is 0.517. The zero-order valence-electron chi connectivity index (χ0n) is 10.2. The lowest BCUT2D eigenvalue weighted by atomic mass is 10.1. The third-order valence-corrected chi connectivity index (χ3v) is 2.49. The lowest BCUT2D eigenvalue weighted by Gasteiger charge is -2.14. The Morgan fingerprint density at radius 1 is 1.38 bits per heavy atom. The van der Waals surface area contributed by atoms with Gasteiger partial charge in [-0.3, -0.25) is 4.79 Å². The molecule has 16 heavy (non-hydrogen) atoms. The van der Waals surface area contributed by atoms with E-state index in [4.69, 9.17) is 5.11 Å². The molecule has 92 valence electrons. The van der Waals surface area contributed by atoms with Crippen molar-refractivity contribution in [2.45, 2.75) is 52.5 Å². The Balaban J connectivity index is 4.23. The highest BCUT2D eigenvalue weighted by molar-refractivity contribution is 5.95. The van der Waals surface area contributed by atoms with Gasteiger partial charge >= 0.3 is 5.97 Å². The highest BCUT2D eigenvalue weighted by Gasteiger charge is 2.19. The summed E-state index contributed by atoms with van der Waals surface area (Å²) in [6.45, 7) is 5.47. The number of nitrogens with one attached hydrogen (secondary N) is 1. The van der Waals surface area contributed by atoms with Crippen LogP contribution in [0, 0.1) is 0 Å². The van der Waals surface area contributed by atoms with Crippen molar-refractivity contribution >= 4 is 11.9 Å². The number of carbonyl (C=O) groups is 2. The largest absolute Gasteiger partial charge is 0.480 e. The number of carboxylic acids is 1. The minimum absolute atomic E-state index is 0.300. The summed E-state index contributed by atoms with van der Waals surface area (Å²) in [6, 6.07) is -0.769. The van der Waals surface area contributed by atoms with Gasteiger partial charge in [-0.25, -0.2) is 4.79 Å². The van der Waals surface area contributed by atoms with Gasteiger partial charge in [-0.2, -0.15) is 0 Å². The Morgan fingerprint density at radius 2 is 2.00 bits per heavy atom. The van der Waals surface area contributed by atoms with Crippen molar-refractivity contribution < 1.29 is 14.7 Å². The number of rotatable bonds is 7. The van der Waals surface area contributed by atoms with Crippen molar-refractivity contribution in [1.29, 1.82) is 0 Å². The molecule has 1 atom stereocenters. The first-order valence-electron chi connectivity index (χ1n) is 5.69. The predicted octanol–water partition coefficient (Wildman–Crippen LogP) is 2.10. The molecule has 4 heteroatoms. The van der Waals surface area contributed by atoms with E-state index in [9.17, 15) is 9.59 Å². The van der Waals surface area contributed by atoms with Gasteiger partial charge in [0.1, 0.15) is 6.04 Å². The average molecular weight is 227 g/mol. The van der Waals surface area contributed by atoms with E-state index in [1.54, 1.807) is 19.9 Å². The minimum atomic E-state index is -0.964. The molecule has 0 unspecified atom stereocenters. The SMILES string of the molecule is C/C=C(/C)C(=O)N[C@H](CCCCC)C(=O)O. The van der Waals surface area contributed by atoms with Crippen LogP contribution in [0.1, 0.15) is 46.5 Å². The average Bonchev–Trinajstić information content (AvgIpc) is 2.26. The van der Waals surface area contributed by atoms with Crippen molar-refractivity contribution in [1.82, 2.24) is 5.32 Å². The van der Waals surface area contributed by atoms with E-state index < -0.39 is 12.0 Å². The lowest BCUT2D eigenvalue weighted by Crippen LogP contribution is -2.41. The molecule has 0 aromatic rings. The van der Waals surface area contributed by atoms with Crippen LogP contribution in [0.25, 0.3) is 0 Å². The van der Waals surface area contributed by atoms with Gasteiger partial charge in [0, 0.05) is 5.57 Å². The summed E-state index contributed by atoms with van der Waals surface area (Å²) in [7, 11) is 0. The maximum absolute atomic E-state index is 11.5. The second-order valence-corrected chi connectivity index (χ2v) is 3.83. The first kappa shape index (κ1) is 14.7. The van der Waals surface area contributed by atoms with Crippen molar-refractivity contribution in [3.63, 3.8) is 0 Å². The summed E-state index contributed by atoms with van der Waals surface area (Å²) in [4.78, 5) is 22.4. The summed E-state index contributed by atoms with van der Waals surface area (Å²) in [6.07, 6.45) is 5.01. The third kappa shape index (κ3) is 5.53. The summed E-state index contributed by atoms with van der Waals surface area (Å²) in [5, 5.41) is 11.5. The van der Waals surface area contributed by atoms with Crippen molar-refractivity contribution in [2.24, 2.45) is 0 Å². The normalized spacial score (nSPS) is 13.3. The summed E-state index contributed by atoms with van der Waals surface area (Å²) >= 11 is 0. The molecule has 0 fully saturated rings. The number of unbranched alkanes of at least 4 members (excludes halogenated alkanes) is 2. The first-order chi connectivity index (χ1) is 7.52. The van der Waals surface area contributed by atoms with Gasteiger partial charge in [0.05, 0.1) is 0 Å². The number of carboxylic acid groups (broad SMARTS) is 1. The molecule has 0 rings (SSSR count). The molecule has 0 aliphatic heterocycles. The first-order valence-corrected chi connectivity index (χ1v) is 5.69. The molecule has 0 aromatic heterocycles. The van der Waals surface area contributed by atoms with Crippen LogP contribution in [0.5, 0.6) is 0 Å². The molecule has 4 nitrogen and oxygen atoms in total. The van der Waals surface area contributed by atoms with Gasteiger partial charge in [-0.05, 0) is 20.3 Å². The predicted molar refractivity (Wildman–Crippen MR) is 63.1 cm³/mol. The second-order valence-electron chi connectivity index (χ2n) is 3.83. The highest BCUT2D eigenvalue weighted by Crippen LogP contribution is 2.05. The lowest BCUT2D eigenvalue weighted by molar-refractivity contribution is -0.141. The molecular weight excluding hydrogens is 206 g/mol. The maximum atomic E-state index is 11.5. The van der Waals surface area contributed by atoms with Crippen LogP contribution in [0.3, 0.4) is 0 Å².